The van der Waals surface area contributed by atoms with Crippen LogP contribution in [-0.4, -0.2) is 84.5 Å². The summed E-state index contributed by atoms with van der Waals surface area (Å²) in [6, 6.07) is 0. The monoisotopic (exact) mass is 379 g/mol. The molecule has 0 aromatic carbocycles. The van der Waals surface area contributed by atoms with Crippen LogP contribution in [0.25, 0.3) is 0 Å². The number of anilines is 1. The topological polar surface area (TPSA) is 59.9 Å². The van der Waals surface area contributed by atoms with Gasteiger partial charge in [-0.05, 0) is 39.3 Å². The Hall–Kier alpha value is -1.41. The molecule has 26 heavy (non-hydrogen) atoms. The standard InChI is InChI=1S/C18H33N7S/c1-4-16-21-18(26-22-16)25-11-9-24(10-12-25)17(19-5-2)20-13-15-7-6-8-23(3)14-15/h15H,4-14H2,1-3H3,(H,19,20). The zero-order valence-corrected chi connectivity index (χ0v) is 17.3. The molecule has 146 valence electrons. The Morgan fingerprint density at radius 3 is 2.69 bits per heavy atom. The first-order valence-electron chi connectivity index (χ1n) is 9.99. The molecular weight excluding hydrogens is 346 g/mol. The Balaban J connectivity index is 1.54. The van der Waals surface area contributed by atoms with Gasteiger partial charge in [-0.3, -0.25) is 4.99 Å². The predicted molar refractivity (Wildman–Crippen MR) is 109 cm³/mol. The molecule has 0 spiro atoms. The van der Waals surface area contributed by atoms with Crippen molar-refractivity contribution in [1.82, 2.24) is 24.5 Å². The number of nitrogens with one attached hydrogen (secondary N) is 1. The normalized spacial score (nSPS) is 22.7. The van der Waals surface area contributed by atoms with E-state index >= 15 is 0 Å². The number of rotatable bonds is 5. The molecule has 1 unspecified atom stereocenters. The molecule has 1 atom stereocenters. The Morgan fingerprint density at radius 2 is 2.04 bits per heavy atom. The second-order valence-corrected chi connectivity index (χ2v) is 8.02. The highest BCUT2D eigenvalue weighted by atomic mass is 32.1. The molecule has 1 aromatic rings. The minimum absolute atomic E-state index is 0.692. The van der Waals surface area contributed by atoms with E-state index in [0.717, 1.165) is 62.6 Å². The number of aromatic nitrogens is 2. The van der Waals surface area contributed by atoms with Crippen LogP contribution in [0.4, 0.5) is 5.13 Å². The molecule has 1 aromatic heterocycles. The molecule has 0 amide bonds. The van der Waals surface area contributed by atoms with E-state index in [1.165, 1.54) is 37.5 Å². The quantitative estimate of drug-likeness (QED) is 0.618. The lowest BCUT2D eigenvalue weighted by molar-refractivity contribution is 0.214. The second-order valence-electron chi connectivity index (χ2n) is 7.29. The molecule has 7 nitrogen and oxygen atoms in total. The largest absolute Gasteiger partial charge is 0.357 e. The van der Waals surface area contributed by atoms with E-state index in [1.54, 1.807) is 0 Å². The summed E-state index contributed by atoms with van der Waals surface area (Å²) in [6.45, 7) is 12.4. The third-order valence-corrected chi connectivity index (χ3v) is 5.99. The summed E-state index contributed by atoms with van der Waals surface area (Å²) in [7, 11) is 2.22. The third kappa shape index (κ3) is 5.07. The number of likely N-dealkylation sites (tertiary alicyclic amines) is 1. The summed E-state index contributed by atoms with van der Waals surface area (Å²) >= 11 is 1.53. The molecule has 8 heteroatoms. The van der Waals surface area contributed by atoms with Crippen LogP contribution in [0, 0.1) is 5.92 Å². The van der Waals surface area contributed by atoms with Gasteiger partial charge in [-0.1, -0.05) is 6.92 Å². The molecule has 2 aliphatic heterocycles. The molecule has 1 N–H and O–H groups in total. The molecule has 2 saturated heterocycles. The number of guanidine groups is 1. The van der Waals surface area contributed by atoms with Crippen molar-refractivity contribution in [2.24, 2.45) is 10.9 Å². The van der Waals surface area contributed by atoms with Gasteiger partial charge in [-0.2, -0.15) is 4.37 Å². The Morgan fingerprint density at radius 1 is 1.23 bits per heavy atom. The van der Waals surface area contributed by atoms with E-state index in [1.807, 2.05) is 0 Å². The fourth-order valence-electron chi connectivity index (χ4n) is 3.69. The lowest BCUT2D eigenvalue weighted by Gasteiger charge is -2.36. The molecule has 3 heterocycles. The first-order valence-corrected chi connectivity index (χ1v) is 10.8. The van der Waals surface area contributed by atoms with Crippen LogP contribution < -0.4 is 10.2 Å². The molecular formula is C18H33N7S. The molecule has 0 bridgehead atoms. The van der Waals surface area contributed by atoms with E-state index in [9.17, 15) is 0 Å². The van der Waals surface area contributed by atoms with Crippen LogP contribution in [0.15, 0.2) is 4.99 Å². The number of aryl methyl sites for hydroxylation is 1. The van der Waals surface area contributed by atoms with Gasteiger partial charge < -0.3 is 20.0 Å². The van der Waals surface area contributed by atoms with Crippen molar-refractivity contribution < 1.29 is 0 Å². The van der Waals surface area contributed by atoms with Crippen LogP contribution >= 0.6 is 11.5 Å². The van der Waals surface area contributed by atoms with Gasteiger partial charge in [0.25, 0.3) is 0 Å². The molecule has 0 aliphatic carbocycles. The number of piperazine rings is 1. The van der Waals surface area contributed by atoms with Crippen LogP contribution in [-0.2, 0) is 6.42 Å². The predicted octanol–water partition coefficient (Wildman–Crippen LogP) is 1.53. The van der Waals surface area contributed by atoms with Crippen LogP contribution in [0.1, 0.15) is 32.5 Å². The van der Waals surface area contributed by atoms with E-state index in [0.29, 0.717) is 5.92 Å². The minimum Gasteiger partial charge on any atom is -0.357 e. The Labute approximate surface area is 161 Å². The van der Waals surface area contributed by atoms with Crippen molar-refractivity contribution in [2.75, 3.05) is 64.3 Å². The van der Waals surface area contributed by atoms with Gasteiger partial charge in [0.15, 0.2) is 5.96 Å². The molecule has 3 rings (SSSR count). The zero-order valence-electron chi connectivity index (χ0n) is 16.4. The maximum atomic E-state index is 4.97. The van der Waals surface area contributed by atoms with E-state index in [2.05, 4.69) is 50.3 Å². The van der Waals surface area contributed by atoms with Crippen molar-refractivity contribution in [3.63, 3.8) is 0 Å². The van der Waals surface area contributed by atoms with Gasteiger partial charge in [-0.25, -0.2) is 4.98 Å². The number of hydrogen-bond donors (Lipinski definition) is 1. The highest BCUT2D eigenvalue weighted by Gasteiger charge is 2.23. The number of piperidine rings is 1. The van der Waals surface area contributed by atoms with Crippen molar-refractivity contribution in [3.8, 4) is 0 Å². The smallest absolute Gasteiger partial charge is 0.205 e. The number of hydrogen-bond acceptors (Lipinski definition) is 6. The summed E-state index contributed by atoms with van der Waals surface area (Å²) in [5.41, 5.74) is 0. The van der Waals surface area contributed by atoms with Gasteiger partial charge in [-0.15, -0.1) is 0 Å². The number of aliphatic imine (C=N–C) groups is 1. The van der Waals surface area contributed by atoms with Gasteiger partial charge in [0.2, 0.25) is 5.13 Å². The van der Waals surface area contributed by atoms with Crippen molar-refractivity contribution >= 4 is 22.6 Å². The first-order chi connectivity index (χ1) is 12.7. The first kappa shape index (κ1) is 19.4. The highest BCUT2D eigenvalue weighted by molar-refractivity contribution is 7.09. The summed E-state index contributed by atoms with van der Waals surface area (Å²) in [6.07, 6.45) is 3.51. The SMILES string of the molecule is CCNC(=NCC1CCCN(C)C1)N1CCN(c2nc(CC)ns2)CC1. The maximum Gasteiger partial charge on any atom is 0.205 e. The van der Waals surface area contributed by atoms with Crippen molar-refractivity contribution in [3.05, 3.63) is 5.82 Å². The molecule has 2 aliphatic rings. The zero-order chi connectivity index (χ0) is 18.4. The fourth-order valence-corrected chi connectivity index (χ4v) is 4.49. The van der Waals surface area contributed by atoms with Crippen LogP contribution in [0.3, 0.4) is 0 Å². The second kappa shape index (κ2) is 9.50. The summed E-state index contributed by atoms with van der Waals surface area (Å²) < 4.78 is 4.42. The fraction of sp³-hybridized carbons (Fsp3) is 0.833. The summed E-state index contributed by atoms with van der Waals surface area (Å²) in [5, 5.41) is 4.55. The van der Waals surface area contributed by atoms with Gasteiger partial charge in [0, 0.05) is 63.8 Å². The third-order valence-electron chi connectivity index (χ3n) is 5.18. The molecule has 2 fully saturated rings. The average Bonchev–Trinajstić information content (AvgIpc) is 3.15. The highest BCUT2D eigenvalue weighted by Crippen LogP contribution is 2.19. The van der Waals surface area contributed by atoms with Gasteiger partial charge in [0.05, 0.1) is 0 Å². The maximum absolute atomic E-state index is 4.97. The number of nitrogens with zero attached hydrogens (tertiary/aromatic N) is 6. The lowest BCUT2D eigenvalue weighted by atomic mass is 9.99. The van der Waals surface area contributed by atoms with Gasteiger partial charge >= 0.3 is 0 Å². The van der Waals surface area contributed by atoms with Crippen molar-refractivity contribution in [2.45, 2.75) is 33.1 Å². The average molecular weight is 380 g/mol. The van der Waals surface area contributed by atoms with Crippen molar-refractivity contribution in [1.29, 1.82) is 0 Å². The summed E-state index contributed by atoms with van der Waals surface area (Å²) in [4.78, 5) is 16.8. The van der Waals surface area contributed by atoms with Crippen LogP contribution in [0.2, 0.25) is 0 Å². The van der Waals surface area contributed by atoms with E-state index < -0.39 is 0 Å². The summed E-state index contributed by atoms with van der Waals surface area (Å²) in [5.74, 6) is 2.73. The minimum atomic E-state index is 0.692. The molecule has 0 saturated carbocycles. The van der Waals surface area contributed by atoms with Crippen LogP contribution in [0.5, 0.6) is 0 Å². The lowest BCUT2D eigenvalue weighted by Crippen LogP contribution is -2.52. The van der Waals surface area contributed by atoms with Gasteiger partial charge in [0.1, 0.15) is 5.82 Å². The Kier molecular flexibility index (Phi) is 7.07. The van der Waals surface area contributed by atoms with E-state index in [-0.39, 0.29) is 0 Å². The molecule has 0 radical (unpaired) electrons. The van der Waals surface area contributed by atoms with E-state index in [4.69, 9.17) is 4.99 Å². The Bertz CT molecular complexity index is 580.